The minimum Gasteiger partial charge on any atom is -0.357 e. The van der Waals surface area contributed by atoms with Gasteiger partial charge in [-0.25, -0.2) is 14.2 Å². The molecule has 0 aliphatic carbocycles. The first kappa shape index (κ1) is 20.5. The number of hydrogen-bond acceptors (Lipinski definition) is 4. The predicted octanol–water partition coefficient (Wildman–Crippen LogP) is 3.94. The van der Waals surface area contributed by atoms with E-state index in [0.29, 0.717) is 24.4 Å². The van der Waals surface area contributed by atoms with E-state index in [1.165, 1.54) is 25.3 Å². The van der Waals surface area contributed by atoms with Gasteiger partial charge in [0.05, 0.1) is 0 Å². The lowest BCUT2D eigenvalue weighted by atomic mass is 10.1. The molecule has 150 valence electrons. The van der Waals surface area contributed by atoms with Gasteiger partial charge in [-0.05, 0) is 48.6 Å². The van der Waals surface area contributed by atoms with Crippen LogP contribution in [-0.4, -0.2) is 36.4 Å². The molecule has 0 unspecified atom stereocenters. The summed E-state index contributed by atoms with van der Waals surface area (Å²) in [6, 6.07) is 10.6. The first-order valence-electron chi connectivity index (χ1n) is 9.75. The molecule has 0 bridgehead atoms. The Kier molecular flexibility index (Phi) is 7.96. The van der Waals surface area contributed by atoms with Crippen LogP contribution >= 0.6 is 11.8 Å². The van der Waals surface area contributed by atoms with Crippen LogP contribution in [0.1, 0.15) is 30.4 Å². The summed E-state index contributed by atoms with van der Waals surface area (Å²) in [6.07, 6.45) is 5.51. The van der Waals surface area contributed by atoms with E-state index in [-0.39, 0.29) is 11.8 Å². The number of urea groups is 1. The molecule has 3 rings (SSSR count). The molecule has 0 saturated carbocycles. The molecule has 0 atom stereocenters. The molecular weight excluding hydrogens is 375 g/mol. The second-order valence-corrected chi connectivity index (χ2v) is 7.93. The number of rotatable bonds is 8. The lowest BCUT2D eigenvalue weighted by molar-refractivity contribution is 0.241. The highest BCUT2D eigenvalue weighted by atomic mass is 32.2. The fourth-order valence-electron chi connectivity index (χ4n) is 3.15. The summed E-state index contributed by atoms with van der Waals surface area (Å²) >= 11 is 1.60. The van der Waals surface area contributed by atoms with E-state index in [4.69, 9.17) is 0 Å². The van der Waals surface area contributed by atoms with Crippen LogP contribution in [0.2, 0.25) is 0 Å². The van der Waals surface area contributed by atoms with Gasteiger partial charge < -0.3 is 15.5 Å². The zero-order valence-electron chi connectivity index (χ0n) is 16.0. The third-order valence-corrected chi connectivity index (χ3v) is 5.70. The van der Waals surface area contributed by atoms with Crippen LogP contribution in [-0.2, 0) is 12.3 Å². The number of piperidine rings is 1. The van der Waals surface area contributed by atoms with Crippen molar-refractivity contribution in [2.45, 2.75) is 31.6 Å². The summed E-state index contributed by atoms with van der Waals surface area (Å²) in [7, 11) is 0. The predicted molar refractivity (Wildman–Crippen MR) is 113 cm³/mol. The van der Waals surface area contributed by atoms with Crippen LogP contribution < -0.4 is 15.5 Å². The summed E-state index contributed by atoms with van der Waals surface area (Å²) in [5.41, 5.74) is 1.73. The van der Waals surface area contributed by atoms with Gasteiger partial charge in [0.2, 0.25) is 0 Å². The van der Waals surface area contributed by atoms with Crippen LogP contribution in [0.5, 0.6) is 0 Å². The minimum atomic E-state index is -0.192. The van der Waals surface area contributed by atoms with Crippen molar-refractivity contribution >= 4 is 23.6 Å². The van der Waals surface area contributed by atoms with Gasteiger partial charge in [0.25, 0.3) is 0 Å². The van der Waals surface area contributed by atoms with Crippen LogP contribution in [0.25, 0.3) is 0 Å². The molecule has 1 fully saturated rings. The normalized spacial score (nSPS) is 14.0. The molecule has 1 saturated heterocycles. The van der Waals surface area contributed by atoms with E-state index in [1.807, 2.05) is 12.1 Å². The van der Waals surface area contributed by atoms with Crippen LogP contribution in [0.15, 0.2) is 42.6 Å². The second-order valence-electron chi connectivity index (χ2n) is 6.82. The lowest BCUT2D eigenvalue weighted by Gasteiger charge is -2.27. The van der Waals surface area contributed by atoms with E-state index >= 15 is 0 Å². The third kappa shape index (κ3) is 6.41. The Hall–Kier alpha value is -2.28. The molecule has 5 nitrogen and oxygen atoms in total. The number of benzene rings is 1. The van der Waals surface area contributed by atoms with Gasteiger partial charge in [0, 0.05) is 43.9 Å². The molecule has 1 aliphatic heterocycles. The summed E-state index contributed by atoms with van der Waals surface area (Å²) in [5, 5.41) is 5.72. The van der Waals surface area contributed by atoms with E-state index in [0.717, 1.165) is 30.2 Å². The van der Waals surface area contributed by atoms with Crippen LogP contribution in [0.4, 0.5) is 15.0 Å². The van der Waals surface area contributed by atoms with Gasteiger partial charge in [-0.3, -0.25) is 0 Å². The van der Waals surface area contributed by atoms with Crippen molar-refractivity contribution < 1.29 is 9.18 Å². The van der Waals surface area contributed by atoms with E-state index in [9.17, 15) is 9.18 Å². The molecule has 1 aliphatic rings. The van der Waals surface area contributed by atoms with Crippen LogP contribution in [0.3, 0.4) is 0 Å². The average Bonchev–Trinajstić information content (AvgIpc) is 2.74. The molecule has 2 aromatic rings. The van der Waals surface area contributed by atoms with Gasteiger partial charge in [0.1, 0.15) is 11.6 Å². The van der Waals surface area contributed by atoms with Crippen molar-refractivity contribution in [2.75, 3.05) is 30.3 Å². The van der Waals surface area contributed by atoms with Crippen molar-refractivity contribution in [1.29, 1.82) is 0 Å². The SMILES string of the molecule is O=C(NCCSCc1ccccc1F)NCc1ccnc(N2CCCCC2)c1. The summed E-state index contributed by atoms with van der Waals surface area (Å²) in [4.78, 5) is 18.7. The minimum absolute atomic E-state index is 0.179. The fourth-order valence-corrected chi connectivity index (χ4v) is 3.99. The molecule has 1 aromatic heterocycles. The molecule has 2 amide bonds. The zero-order valence-corrected chi connectivity index (χ0v) is 16.8. The molecule has 0 radical (unpaired) electrons. The molecule has 1 aromatic carbocycles. The van der Waals surface area contributed by atoms with Crippen molar-refractivity contribution in [3.8, 4) is 0 Å². The second kappa shape index (κ2) is 10.9. The Balaban J connectivity index is 1.33. The van der Waals surface area contributed by atoms with Gasteiger partial charge in [-0.15, -0.1) is 0 Å². The molecule has 2 heterocycles. The lowest BCUT2D eigenvalue weighted by Crippen LogP contribution is -2.36. The number of pyridine rings is 1. The topological polar surface area (TPSA) is 57.3 Å². The van der Waals surface area contributed by atoms with Crippen molar-refractivity contribution in [3.05, 3.63) is 59.5 Å². The maximum absolute atomic E-state index is 13.5. The Morgan fingerprint density at radius 1 is 1.14 bits per heavy atom. The summed E-state index contributed by atoms with van der Waals surface area (Å²) < 4.78 is 13.5. The number of anilines is 1. The number of nitrogens with zero attached hydrogens (tertiary/aromatic N) is 2. The zero-order chi connectivity index (χ0) is 19.6. The molecule has 28 heavy (non-hydrogen) atoms. The van der Waals surface area contributed by atoms with Crippen molar-refractivity contribution in [2.24, 2.45) is 0 Å². The third-order valence-electron chi connectivity index (χ3n) is 4.69. The number of aromatic nitrogens is 1. The number of carbonyl (C=O) groups excluding carboxylic acids is 1. The molecule has 0 spiro atoms. The highest BCUT2D eigenvalue weighted by Crippen LogP contribution is 2.18. The first-order valence-corrected chi connectivity index (χ1v) is 10.9. The maximum atomic E-state index is 13.5. The Morgan fingerprint density at radius 2 is 1.96 bits per heavy atom. The highest BCUT2D eigenvalue weighted by molar-refractivity contribution is 7.98. The van der Waals surface area contributed by atoms with Crippen LogP contribution in [0, 0.1) is 5.82 Å². The first-order chi connectivity index (χ1) is 13.7. The molecule has 2 N–H and O–H groups in total. The Bertz CT molecular complexity index is 768. The number of nitrogens with one attached hydrogen (secondary N) is 2. The average molecular weight is 403 g/mol. The fraction of sp³-hybridized carbons (Fsp3) is 0.429. The number of halogens is 1. The smallest absolute Gasteiger partial charge is 0.315 e. The van der Waals surface area contributed by atoms with Gasteiger partial charge in [-0.2, -0.15) is 11.8 Å². The van der Waals surface area contributed by atoms with E-state index in [2.05, 4.69) is 26.6 Å². The summed E-state index contributed by atoms with van der Waals surface area (Å²) in [5.74, 6) is 2.15. The molecule has 7 heteroatoms. The number of carbonyl (C=O) groups is 1. The number of amides is 2. The van der Waals surface area contributed by atoms with E-state index < -0.39 is 0 Å². The number of hydrogen-bond donors (Lipinski definition) is 2. The van der Waals surface area contributed by atoms with Gasteiger partial charge in [0.15, 0.2) is 0 Å². The Morgan fingerprint density at radius 3 is 2.79 bits per heavy atom. The monoisotopic (exact) mass is 402 g/mol. The Labute approximate surface area is 170 Å². The van der Waals surface area contributed by atoms with E-state index in [1.54, 1.807) is 30.1 Å². The van der Waals surface area contributed by atoms with Crippen molar-refractivity contribution in [3.63, 3.8) is 0 Å². The maximum Gasteiger partial charge on any atom is 0.315 e. The largest absolute Gasteiger partial charge is 0.357 e. The number of thioether (sulfide) groups is 1. The van der Waals surface area contributed by atoms with Gasteiger partial charge >= 0.3 is 6.03 Å². The quantitative estimate of drug-likeness (QED) is 0.657. The van der Waals surface area contributed by atoms with Crippen molar-refractivity contribution in [1.82, 2.24) is 15.6 Å². The van der Waals surface area contributed by atoms with Gasteiger partial charge in [-0.1, -0.05) is 18.2 Å². The standard InChI is InChI=1S/C21H27FN4OS/c22-19-7-3-2-6-18(19)16-28-13-10-24-21(27)25-15-17-8-9-23-20(14-17)26-11-4-1-5-12-26/h2-3,6-9,14H,1,4-5,10-13,15-16H2,(H2,24,25,27). The summed E-state index contributed by atoms with van der Waals surface area (Å²) in [6.45, 7) is 3.11. The molecular formula is C21H27FN4OS. The highest BCUT2D eigenvalue weighted by Gasteiger charge is 2.12.